The molecule has 0 unspecified atom stereocenters. The zero-order valence-electron chi connectivity index (χ0n) is 16.2. The Hall–Kier alpha value is -2.57. The van der Waals surface area contributed by atoms with Gasteiger partial charge in [-0.2, -0.15) is 0 Å². The first-order chi connectivity index (χ1) is 14.1. The molecule has 1 amide bonds. The number of aromatic nitrogens is 1. The van der Waals surface area contributed by atoms with E-state index in [9.17, 15) is 4.79 Å². The van der Waals surface area contributed by atoms with Crippen LogP contribution in [0.15, 0.2) is 53.9 Å². The normalized spacial score (nSPS) is 14.1. The molecule has 5 nitrogen and oxygen atoms in total. The van der Waals surface area contributed by atoms with Crippen LogP contribution in [0.5, 0.6) is 5.75 Å². The number of amides is 1. The fourth-order valence-electron chi connectivity index (χ4n) is 3.37. The maximum absolute atomic E-state index is 12.9. The van der Waals surface area contributed by atoms with Gasteiger partial charge in [-0.3, -0.25) is 4.79 Å². The van der Waals surface area contributed by atoms with Gasteiger partial charge in [0.1, 0.15) is 12.4 Å². The van der Waals surface area contributed by atoms with Gasteiger partial charge in [0.25, 0.3) is 5.91 Å². The Kier molecular flexibility index (Phi) is 6.02. The van der Waals surface area contributed by atoms with Crippen molar-refractivity contribution in [2.24, 2.45) is 0 Å². The Balaban J connectivity index is 1.36. The molecule has 0 atom stereocenters. The number of anilines is 1. The SMILES string of the molecule is Cc1nc(COc2cccc(C(=O)N3CCN(c4cccc(Cl)c4)CC3)c2)cs1. The van der Waals surface area contributed by atoms with Gasteiger partial charge in [0, 0.05) is 47.8 Å². The van der Waals surface area contributed by atoms with Crippen LogP contribution in [-0.4, -0.2) is 42.0 Å². The number of rotatable bonds is 5. The highest BCUT2D eigenvalue weighted by Crippen LogP contribution is 2.22. The molecule has 0 saturated carbocycles. The summed E-state index contributed by atoms with van der Waals surface area (Å²) in [6.07, 6.45) is 0. The summed E-state index contributed by atoms with van der Waals surface area (Å²) in [4.78, 5) is 21.5. The van der Waals surface area contributed by atoms with E-state index in [-0.39, 0.29) is 5.91 Å². The van der Waals surface area contributed by atoms with Crippen LogP contribution in [-0.2, 0) is 6.61 Å². The molecule has 29 heavy (non-hydrogen) atoms. The highest BCUT2D eigenvalue weighted by Gasteiger charge is 2.22. The minimum atomic E-state index is 0.0331. The first-order valence-corrected chi connectivity index (χ1v) is 10.8. The van der Waals surface area contributed by atoms with E-state index in [0.717, 1.165) is 34.5 Å². The van der Waals surface area contributed by atoms with Crippen molar-refractivity contribution in [1.29, 1.82) is 0 Å². The third-order valence-corrected chi connectivity index (χ3v) is 5.93. The number of benzene rings is 2. The van der Waals surface area contributed by atoms with Crippen molar-refractivity contribution in [3.8, 4) is 5.75 Å². The Labute approximate surface area is 179 Å². The lowest BCUT2D eigenvalue weighted by atomic mass is 10.1. The standard InChI is InChI=1S/C22H22ClN3O2S/c1-16-24-19(15-29-16)14-28-21-7-2-4-17(12-21)22(27)26-10-8-25(9-11-26)20-6-3-5-18(23)13-20/h2-7,12-13,15H,8-11,14H2,1H3. The molecule has 1 aromatic heterocycles. The Morgan fingerprint density at radius 1 is 1.14 bits per heavy atom. The summed E-state index contributed by atoms with van der Waals surface area (Å²) in [5.74, 6) is 0.713. The van der Waals surface area contributed by atoms with Crippen LogP contribution in [0.25, 0.3) is 0 Å². The summed E-state index contributed by atoms with van der Waals surface area (Å²) in [7, 11) is 0. The second-order valence-electron chi connectivity index (χ2n) is 6.93. The molecule has 0 N–H and O–H groups in total. The monoisotopic (exact) mass is 427 g/mol. The second kappa shape index (κ2) is 8.84. The first kappa shape index (κ1) is 19.7. The largest absolute Gasteiger partial charge is 0.487 e. The van der Waals surface area contributed by atoms with E-state index in [1.54, 1.807) is 11.3 Å². The third kappa shape index (κ3) is 4.89. The van der Waals surface area contributed by atoms with Crippen LogP contribution in [0, 0.1) is 6.92 Å². The van der Waals surface area contributed by atoms with Crippen LogP contribution in [0.4, 0.5) is 5.69 Å². The highest BCUT2D eigenvalue weighted by molar-refractivity contribution is 7.09. The molecular weight excluding hydrogens is 406 g/mol. The Bertz CT molecular complexity index is 999. The minimum absolute atomic E-state index is 0.0331. The van der Waals surface area contributed by atoms with Crippen molar-refractivity contribution in [1.82, 2.24) is 9.88 Å². The third-order valence-electron chi connectivity index (χ3n) is 4.87. The van der Waals surface area contributed by atoms with Gasteiger partial charge >= 0.3 is 0 Å². The number of carbonyl (C=O) groups is 1. The lowest BCUT2D eigenvalue weighted by Gasteiger charge is -2.36. The molecule has 3 aromatic rings. The number of hydrogen-bond acceptors (Lipinski definition) is 5. The molecule has 1 saturated heterocycles. The molecule has 1 fully saturated rings. The number of piperazine rings is 1. The van der Waals surface area contributed by atoms with Crippen molar-refractivity contribution in [3.05, 3.63) is 75.2 Å². The van der Waals surface area contributed by atoms with Crippen LogP contribution < -0.4 is 9.64 Å². The second-order valence-corrected chi connectivity index (χ2v) is 8.43. The van der Waals surface area contributed by atoms with E-state index >= 15 is 0 Å². The van der Waals surface area contributed by atoms with E-state index < -0.39 is 0 Å². The predicted octanol–water partition coefficient (Wildman–Crippen LogP) is 4.65. The summed E-state index contributed by atoms with van der Waals surface area (Å²) in [6.45, 7) is 5.29. The molecule has 0 radical (unpaired) electrons. The zero-order chi connectivity index (χ0) is 20.2. The fourth-order valence-corrected chi connectivity index (χ4v) is 4.16. The molecule has 150 valence electrons. The minimum Gasteiger partial charge on any atom is -0.487 e. The van der Waals surface area contributed by atoms with Crippen molar-refractivity contribution in [3.63, 3.8) is 0 Å². The van der Waals surface area contributed by atoms with Gasteiger partial charge in [0.05, 0.1) is 10.7 Å². The molecule has 4 rings (SSSR count). The van der Waals surface area contributed by atoms with Crippen LogP contribution in [0.1, 0.15) is 21.1 Å². The van der Waals surface area contributed by atoms with E-state index in [1.165, 1.54) is 0 Å². The Morgan fingerprint density at radius 2 is 1.93 bits per heavy atom. The van der Waals surface area contributed by atoms with Crippen molar-refractivity contribution < 1.29 is 9.53 Å². The maximum atomic E-state index is 12.9. The van der Waals surface area contributed by atoms with Crippen LogP contribution in [0.2, 0.25) is 5.02 Å². The number of halogens is 1. The average molecular weight is 428 g/mol. The molecule has 2 heterocycles. The molecule has 1 aliphatic heterocycles. The quantitative estimate of drug-likeness (QED) is 0.594. The number of aryl methyl sites for hydroxylation is 1. The van der Waals surface area contributed by atoms with Crippen molar-refractivity contribution >= 4 is 34.5 Å². The number of carbonyl (C=O) groups excluding carboxylic acids is 1. The van der Waals surface area contributed by atoms with Crippen molar-refractivity contribution in [2.45, 2.75) is 13.5 Å². The summed E-state index contributed by atoms with van der Waals surface area (Å²) in [5.41, 5.74) is 2.65. The first-order valence-electron chi connectivity index (χ1n) is 9.52. The van der Waals surface area contributed by atoms with Gasteiger partial charge in [0.15, 0.2) is 0 Å². The van der Waals surface area contributed by atoms with Crippen LogP contribution in [0.3, 0.4) is 0 Å². The molecule has 0 bridgehead atoms. The van der Waals surface area contributed by atoms with Gasteiger partial charge in [-0.15, -0.1) is 11.3 Å². The van der Waals surface area contributed by atoms with Gasteiger partial charge in [-0.1, -0.05) is 23.7 Å². The zero-order valence-corrected chi connectivity index (χ0v) is 17.7. The fraction of sp³-hybridized carbons (Fsp3) is 0.273. The van der Waals surface area contributed by atoms with E-state index in [1.807, 2.05) is 65.7 Å². The number of ether oxygens (including phenoxy) is 1. The molecule has 2 aromatic carbocycles. The molecule has 0 spiro atoms. The molecule has 0 aliphatic carbocycles. The Morgan fingerprint density at radius 3 is 2.66 bits per heavy atom. The topological polar surface area (TPSA) is 45.7 Å². The predicted molar refractivity (Wildman–Crippen MR) is 117 cm³/mol. The summed E-state index contributed by atoms with van der Waals surface area (Å²) < 4.78 is 5.82. The molecular formula is C22H22ClN3O2S. The highest BCUT2D eigenvalue weighted by atomic mass is 35.5. The summed E-state index contributed by atoms with van der Waals surface area (Å²) in [5, 5.41) is 3.74. The molecule has 7 heteroatoms. The number of nitrogens with zero attached hydrogens (tertiary/aromatic N) is 3. The summed E-state index contributed by atoms with van der Waals surface area (Å²) in [6, 6.07) is 15.2. The molecule has 1 aliphatic rings. The van der Waals surface area contributed by atoms with Gasteiger partial charge in [-0.05, 0) is 43.3 Å². The van der Waals surface area contributed by atoms with Crippen molar-refractivity contribution in [2.75, 3.05) is 31.1 Å². The lowest BCUT2D eigenvalue weighted by molar-refractivity contribution is 0.0746. The van der Waals surface area contributed by atoms with E-state index in [4.69, 9.17) is 16.3 Å². The maximum Gasteiger partial charge on any atom is 0.254 e. The lowest BCUT2D eigenvalue weighted by Crippen LogP contribution is -2.48. The average Bonchev–Trinajstić information content (AvgIpc) is 3.17. The number of thiazole rings is 1. The van der Waals surface area contributed by atoms with E-state index in [2.05, 4.69) is 9.88 Å². The van der Waals surface area contributed by atoms with Crippen LogP contribution >= 0.6 is 22.9 Å². The van der Waals surface area contributed by atoms with E-state index in [0.29, 0.717) is 31.0 Å². The van der Waals surface area contributed by atoms with Gasteiger partial charge in [-0.25, -0.2) is 4.98 Å². The van der Waals surface area contributed by atoms with Gasteiger partial charge < -0.3 is 14.5 Å². The van der Waals surface area contributed by atoms with Gasteiger partial charge in [0.2, 0.25) is 0 Å². The summed E-state index contributed by atoms with van der Waals surface area (Å²) >= 11 is 7.70. The smallest absolute Gasteiger partial charge is 0.254 e. The number of hydrogen-bond donors (Lipinski definition) is 0.